The zero-order valence-corrected chi connectivity index (χ0v) is 60.4. The molecule has 3 atom stereocenters. The van der Waals surface area contributed by atoms with Gasteiger partial charge in [-0.15, -0.1) is 0 Å². The number of quaternary nitrogens is 1. The zero-order chi connectivity index (χ0) is 66.2. The van der Waals surface area contributed by atoms with Gasteiger partial charge < -0.3 is 28.8 Å². The Labute approximate surface area is 562 Å². The van der Waals surface area contributed by atoms with Gasteiger partial charge in [0.1, 0.15) is 13.2 Å². The second kappa shape index (κ2) is 70.4. The third-order valence-corrected chi connectivity index (χ3v) is 16.9. The molecular formula is C82H141N2O6P. The highest BCUT2D eigenvalue weighted by Gasteiger charge is 2.23. The van der Waals surface area contributed by atoms with Gasteiger partial charge in [0.15, 0.2) is 0 Å². The van der Waals surface area contributed by atoms with Gasteiger partial charge in [0.2, 0.25) is 5.91 Å². The van der Waals surface area contributed by atoms with E-state index in [0.29, 0.717) is 17.4 Å². The van der Waals surface area contributed by atoms with E-state index in [1.165, 1.54) is 154 Å². The van der Waals surface area contributed by atoms with Crippen LogP contribution in [-0.4, -0.2) is 68.5 Å². The number of nitrogens with one attached hydrogen (secondary N) is 1. The Morgan fingerprint density at radius 1 is 0.396 bits per heavy atom. The van der Waals surface area contributed by atoms with Crippen LogP contribution in [0.1, 0.15) is 303 Å². The molecule has 0 spiro atoms. The van der Waals surface area contributed by atoms with E-state index in [-0.39, 0.29) is 12.5 Å². The van der Waals surface area contributed by atoms with Gasteiger partial charge in [0.25, 0.3) is 7.82 Å². The Balaban J connectivity index is 4.20. The monoisotopic (exact) mass is 1280 g/mol. The maximum Gasteiger partial charge on any atom is 0.268 e. The lowest BCUT2D eigenvalue weighted by molar-refractivity contribution is -0.870. The van der Waals surface area contributed by atoms with Crippen LogP contribution < -0.4 is 10.2 Å². The minimum Gasteiger partial charge on any atom is -0.756 e. The number of allylic oxidation sites excluding steroid dienone is 25. The van der Waals surface area contributed by atoms with Crippen molar-refractivity contribution in [3.8, 4) is 0 Å². The van der Waals surface area contributed by atoms with E-state index in [4.69, 9.17) is 9.05 Å². The molecule has 0 fully saturated rings. The summed E-state index contributed by atoms with van der Waals surface area (Å²) in [6.07, 6.45) is 110. The number of nitrogens with zero attached hydrogens (tertiary/aromatic N) is 1. The predicted octanol–water partition coefficient (Wildman–Crippen LogP) is 23.9. The minimum absolute atomic E-state index is 0.0185. The smallest absolute Gasteiger partial charge is 0.268 e. The molecule has 0 radical (unpaired) electrons. The molecule has 0 aromatic heterocycles. The minimum atomic E-state index is -4.63. The molecule has 3 unspecified atom stereocenters. The predicted molar refractivity (Wildman–Crippen MR) is 398 cm³/mol. The molecule has 520 valence electrons. The molecular weight excluding hydrogens is 1140 g/mol. The number of aliphatic hydroxyl groups excluding tert-OH is 1. The number of unbranched alkanes of at least 4 members (excludes halogenated alkanes) is 30. The van der Waals surface area contributed by atoms with Crippen molar-refractivity contribution in [1.82, 2.24) is 5.32 Å². The number of rotatable bonds is 67. The third-order valence-electron chi connectivity index (χ3n) is 16.0. The fraction of sp³-hybridized carbons (Fsp3) is 0.671. The molecule has 8 nitrogen and oxygen atoms in total. The van der Waals surface area contributed by atoms with E-state index >= 15 is 0 Å². The number of phosphoric acid groups is 1. The fourth-order valence-electron chi connectivity index (χ4n) is 10.2. The molecule has 0 aromatic rings. The molecule has 0 aliphatic rings. The molecule has 0 aromatic carbocycles. The Kier molecular flexibility index (Phi) is 67.4. The lowest BCUT2D eigenvalue weighted by atomic mass is 10.0. The van der Waals surface area contributed by atoms with Crippen molar-refractivity contribution in [3.63, 3.8) is 0 Å². The molecule has 91 heavy (non-hydrogen) atoms. The first-order chi connectivity index (χ1) is 44.5. The number of likely N-dealkylation sites (N-methyl/N-ethyl adjacent to an activating group) is 1. The highest BCUT2D eigenvalue weighted by atomic mass is 31.2. The van der Waals surface area contributed by atoms with E-state index in [2.05, 4.69) is 165 Å². The van der Waals surface area contributed by atoms with Crippen LogP contribution in [0.25, 0.3) is 0 Å². The molecule has 0 heterocycles. The average molecular weight is 1280 g/mol. The summed E-state index contributed by atoms with van der Waals surface area (Å²) in [4.78, 5) is 25.7. The van der Waals surface area contributed by atoms with Gasteiger partial charge in [0.05, 0.1) is 39.9 Å². The van der Waals surface area contributed by atoms with E-state index in [9.17, 15) is 19.4 Å². The van der Waals surface area contributed by atoms with E-state index < -0.39 is 26.6 Å². The fourth-order valence-corrected chi connectivity index (χ4v) is 11.0. The summed E-state index contributed by atoms with van der Waals surface area (Å²) in [6.45, 7) is 4.51. The lowest BCUT2D eigenvalue weighted by Gasteiger charge is -2.29. The van der Waals surface area contributed by atoms with Crippen molar-refractivity contribution in [1.29, 1.82) is 0 Å². The largest absolute Gasteiger partial charge is 0.756 e. The SMILES string of the molecule is CC/C=C\C/C=C\C/C=C\C/C=C\C/C=C\C/C=C\C/C=C\C/C=C\C/C=C\C/C=C\C/C=C\CCCCCCCC(=O)NC(COP(=O)([O-])OCC[N+](C)(C)C)C(O)/C=C/CC/C=C/CCCCCCCCCCCCCCCCCCCCCCCCCC. The highest BCUT2D eigenvalue weighted by molar-refractivity contribution is 7.45. The first kappa shape index (κ1) is 87.1. The number of amides is 1. The Bertz CT molecular complexity index is 2050. The summed E-state index contributed by atoms with van der Waals surface area (Å²) >= 11 is 0. The van der Waals surface area contributed by atoms with Crippen molar-refractivity contribution in [2.75, 3.05) is 40.9 Å². The van der Waals surface area contributed by atoms with Crippen LogP contribution in [0.5, 0.6) is 0 Å². The van der Waals surface area contributed by atoms with Gasteiger partial charge >= 0.3 is 0 Å². The molecule has 9 heteroatoms. The number of carbonyl (C=O) groups is 1. The van der Waals surface area contributed by atoms with Gasteiger partial charge in [-0.25, -0.2) is 0 Å². The second-order valence-corrected chi connectivity index (χ2v) is 27.3. The number of hydrogen-bond acceptors (Lipinski definition) is 6. The number of phosphoric ester groups is 1. The molecule has 0 rings (SSSR count). The van der Waals surface area contributed by atoms with Gasteiger partial charge in [-0.05, 0) is 116 Å². The summed E-state index contributed by atoms with van der Waals surface area (Å²) in [7, 11) is 1.21. The maximum absolute atomic E-state index is 13.0. The summed E-state index contributed by atoms with van der Waals surface area (Å²) in [6, 6.07) is -0.928. The Morgan fingerprint density at radius 2 is 0.681 bits per heavy atom. The molecule has 2 N–H and O–H groups in total. The van der Waals surface area contributed by atoms with Crippen LogP contribution in [0.2, 0.25) is 0 Å². The topological polar surface area (TPSA) is 108 Å². The average Bonchev–Trinajstić information content (AvgIpc) is 3.58. The normalized spacial score (nSPS) is 14.5. The molecule has 0 aliphatic carbocycles. The summed E-state index contributed by atoms with van der Waals surface area (Å²) in [5.41, 5.74) is 0. The van der Waals surface area contributed by atoms with Crippen LogP contribution in [-0.2, 0) is 18.4 Å². The van der Waals surface area contributed by atoms with Crippen molar-refractivity contribution < 1.29 is 32.9 Å². The molecule has 0 saturated carbocycles. The van der Waals surface area contributed by atoms with Crippen LogP contribution in [0, 0.1) is 0 Å². The van der Waals surface area contributed by atoms with Crippen LogP contribution >= 0.6 is 7.82 Å². The first-order valence-electron chi connectivity index (χ1n) is 37.3. The summed E-state index contributed by atoms with van der Waals surface area (Å²) in [5.74, 6) is -0.230. The maximum atomic E-state index is 13.0. The lowest BCUT2D eigenvalue weighted by Crippen LogP contribution is -2.45. The van der Waals surface area contributed by atoms with E-state index in [1.54, 1.807) is 6.08 Å². The zero-order valence-electron chi connectivity index (χ0n) is 59.5. The second-order valence-electron chi connectivity index (χ2n) is 25.9. The highest BCUT2D eigenvalue weighted by Crippen LogP contribution is 2.38. The third kappa shape index (κ3) is 73.4. The Hall–Kier alpha value is -3.88. The van der Waals surface area contributed by atoms with Gasteiger partial charge in [-0.1, -0.05) is 339 Å². The molecule has 0 aliphatic heterocycles. The molecule has 0 saturated heterocycles. The van der Waals surface area contributed by atoms with Gasteiger partial charge in [-0.3, -0.25) is 9.36 Å². The van der Waals surface area contributed by atoms with Gasteiger partial charge in [0, 0.05) is 6.42 Å². The summed E-state index contributed by atoms with van der Waals surface area (Å²) in [5, 5.41) is 13.9. The summed E-state index contributed by atoms with van der Waals surface area (Å²) < 4.78 is 23.4. The standard InChI is InChI=1S/C82H141N2O6P/c1-6-8-10-12-14-16-18-20-22-24-26-28-30-32-34-36-38-39-40-41-42-43-44-45-46-48-50-52-54-56-58-60-62-64-66-68-70-72-74-76-82(86)83-80(79-90-91(87,88)89-78-77-84(3,4)5)81(85)75-73-71-69-67-65-63-61-59-57-55-53-51-49-47-37-35-33-31-29-27-25-23-21-19-17-15-13-11-9-7-2/h8,10,14,16,20,22,26,28,32,34,38-39,41-42,44-45,48,50,54,56,60,62,65,67,73,75,80-81,85H,6-7,9,11-13,15,17-19,21,23-25,27,29-31,33,35-37,40,43,46-47,49,51-53,55,57-59,61,63-64,66,68-72,74,76-79H2,1-5H3,(H-,83,86,87,88)/b10-8-,16-14-,22-20-,28-26-,34-32-,39-38-,42-41-,45-44-,50-48-,56-54-,62-60-,67-65+,75-73+. The van der Waals surface area contributed by atoms with E-state index in [1.807, 2.05) is 27.2 Å². The van der Waals surface area contributed by atoms with E-state index in [0.717, 1.165) is 128 Å². The van der Waals surface area contributed by atoms with Crippen molar-refractivity contribution in [2.24, 2.45) is 0 Å². The van der Waals surface area contributed by atoms with Crippen LogP contribution in [0.4, 0.5) is 0 Å². The molecule has 0 bridgehead atoms. The number of carbonyl (C=O) groups excluding carboxylic acids is 1. The van der Waals surface area contributed by atoms with Gasteiger partial charge in [-0.2, -0.15) is 0 Å². The number of hydrogen-bond donors (Lipinski definition) is 2. The van der Waals surface area contributed by atoms with Crippen molar-refractivity contribution >= 4 is 13.7 Å². The van der Waals surface area contributed by atoms with Crippen molar-refractivity contribution in [3.05, 3.63) is 158 Å². The van der Waals surface area contributed by atoms with Crippen molar-refractivity contribution in [2.45, 2.75) is 315 Å². The Morgan fingerprint density at radius 3 is 1.02 bits per heavy atom. The molecule has 1 amide bonds. The van der Waals surface area contributed by atoms with Crippen LogP contribution in [0.15, 0.2) is 158 Å². The van der Waals surface area contributed by atoms with Crippen LogP contribution in [0.3, 0.4) is 0 Å². The quantitative estimate of drug-likeness (QED) is 0.0272. The first-order valence-corrected chi connectivity index (χ1v) is 38.8. The number of aliphatic hydroxyl groups is 1.